The van der Waals surface area contributed by atoms with Crippen LogP contribution in [0.4, 0.5) is 0 Å². The van der Waals surface area contributed by atoms with Crippen molar-refractivity contribution in [3.8, 4) is 0 Å². The molecule has 0 aromatic rings. The molecule has 3 atom stereocenters. The lowest BCUT2D eigenvalue weighted by Crippen LogP contribution is -2.72. The van der Waals surface area contributed by atoms with Crippen LogP contribution in [0, 0.1) is 11.3 Å². The number of carbonyl (C=O) groups excluding carboxylic acids is 1. The van der Waals surface area contributed by atoms with Gasteiger partial charge in [-0.1, -0.05) is 13.3 Å². The highest BCUT2D eigenvalue weighted by molar-refractivity contribution is 7.90. The molecule has 1 spiro atoms. The molecule has 2 saturated carbocycles. The zero-order valence-corrected chi connectivity index (χ0v) is 15.3. The van der Waals surface area contributed by atoms with Crippen molar-refractivity contribution in [1.82, 2.24) is 10.2 Å². The lowest BCUT2D eigenvalue weighted by molar-refractivity contribution is -0.201. The highest BCUT2D eigenvalue weighted by Crippen LogP contribution is 2.59. The Morgan fingerprint density at radius 3 is 2.80 bits per heavy atom. The SMILES string of the molecule is CO[C@@H]1[C@H](C)[C@@H](NC(=O)C2=CN3CCS(=O)(=O)N=C3C=C2)C12CCC2. The van der Waals surface area contributed by atoms with Crippen molar-refractivity contribution < 1.29 is 17.9 Å². The van der Waals surface area contributed by atoms with E-state index < -0.39 is 10.0 Å². The van der Waals surface area contributed by atoms with Crippen molar-refractivity contribution in [2.45, 2.75) is 38.3 Å². The van der Waals surface area contributed by atoms with Gasteiger partial charge in [-0.15, -0.1) is 4.40 Å². The highest BCUT2D eigenvalue weighted by Gasteiger charge is 2.63. The molecule has 0 bridgehead atoms. The number of amidine groups is 1. The maximum absolute atomic E-state index is 12.7. The number of fused-ring (bicyclic) bond motifs is 1. The topological polar surface area (TPSA) is 88.1 Å². The Morgan fingerprint density at radius 2 is 2.16 bits per heavy atom. The number of carbonyl (C=O) groups is 1. The summed E-state index contributed by atoms with van der Waals surface area (Å²) in [6.45, 7) is 2.44. The van der Waals surface area contributed by atoms with Gasteiger partial charge in [0.05, 0.1) is 17.4 Å². The molecule has 0 radical (unpaired) electrons. The fourth-order valence-electron chi connectivity index (χ4n) is 4.75. The normalized spacial score (nSPS) is 34.3. The van der Waals surface area contributed by atoms with Gasteiger partial charge in [0.15, 0.2) is 0 Å². The molecule has 2 aliphatic carbocycles. The third-order valence-electron chi connectivity index (χ3n) is 6.10. The van der Waals surface area contributed by atoms with E-state index >= 15 is 0 Å². The molecule has 7 nitrogen and oxygen atoms in total. The van der Waals surface area contributed by atoms with Crippen molar-refractivity contribution >= 4 is 21.8 Å². The Kier molecular flexibility index (Phi) is 3.81. The third-order valence-corrected chi connectivity index (χ3v) is 7.26. The fourth-order valence-corrected chi connectivity index (χ4v) is 5.71. The van der Waals surface area contributed by atoms with E-state index in [0.29, 0.717) is 23.9 Å². The van der Waals surface area contributed by atoms with Crippen molar-refractivity contribution in [2.75, 3.05) is 19.4 Å². The van der Waals surface area contributed by atoms with E-state index in [0.717, 1.165) is 12.8 Å². The van der Waals surface area contributed by atoms with Crippen LogP contribution in [0.5, 0.6) is 0 Å². The summed E-state index contributed by atoms with van der Waals surface area (Å²) in [5.74, 6) is 0.504. The second-order valence-corrected chi connectivity index (χ2v) is 9.15. The molecule has 2 heterocycles. The Labute approximate surface area is 147 Å². The molecule has 0 unspecified atom stereocenters. The van der Waals surface area contributed by atoms with Gasteiger partial charge >= 0.3 is 0 Å². The predicted octanol–water partition coefficient (Wildman–Crippen LogP) is 0.804. The zero-order chi connectivity index (χ0) is 17.8. The minimum Gasteiger partial charge on any atom is -0.380 e. The van der Waals surface area contributed by atoms with Crippen LogP contribution in [0.2, 0.25) is 0 Å². The quantitative estimate of drug-likeness (QED) is 0.799. The maximum Gasteiger partial charge on any atom is 0.256 e. The Morgan fingerprint density at radius 1 is 1.40 bits per heavy atom. The van der Waals surface area contributed by atoms with Gasteiger partial charge in [-0.2, -0.15) is 0 Å². The first-order valence-corrected chi connectivity index (χ1v) is 10.3. The van der Waals surface area contributed by atoms with Gasteiger partial charge in [-0.3, -0.25) is 4.79 Å². The monoisotopic (exact) mass is 365 g/mol. The standard InChI is InChI=1S/C17H23N3O4S/c1-11-14(17(6-3-7-17)15(11)24-2)18-16(21)12-4-5-13-19-25(22,23)9-8-20(13)10-12/h4-5,10-11,14-15H,3,6-9H2,1-2H3,(H,18,21)/t11-,14-,15-/m1/s1. The summed E-state index contributed by atoms with van der Waals surface area (Å²) in [4.78, 5) is 14.4. The van der Waals surface area contributed by atoms with E-state index in [1.54, 1.807) is 30.4 Å². The van der Waals surface area contributed by atoms with Crippen LogP contribution in [0.1, 0.15) is 26.2 Å². The number of hydrogen-bond donors (Lipinski definition) is 1. The molecular formula is C17H23N3O4S. The first-order valence-electron chi connectivity index (χ1n) is 8.69. The molecule has 4 aliphatic rings. The van der Waals surface area contributed by atoms with Crippen molar-refractivity contribution in [3.63, 3.8) is 0 Å². The summed E-state index contributed by atoms with van der Waals surface area (Å²) >= 11 is 0. The molecular weight excluding hydrogens is 342 g/mol. The maximum atomic E-state index is 12.7. The molecule has 4 rings (SSSR count). The number of rotatable bonds is 3. The minimum atomic E-state index is -3.38. The van der Waals surface area contributed by atoms with Crippen LogP contribution >= 0.6 is 0 Å². The molecule has 136 valence electrons. The van der Waals surface area contributed by atoms with Crippen LogP contribution in [0.25, 0.3) is 0 Å². The van der Waals surface area contributed by atoms with Gasteiger partial charge in [0.1, 0.15) is 5.84 Å². The summed E-state index contributed by atoms with van der Waals surface area (Å²) in [6, 6.07) is 0.129. The van der Waals surface area contributed by atoms with Gasteiger partial charge in [0.2, 0.25) is 0 Å². The number of hydrogen-bond acceptors (Lipinski definition) is 5. The molecule has 0 saturated heterocycles. The number of ether oxygens (including phenoxy) is 1. The Bertz CT molecular complexity index is 795. The second kappa shape index (κ2) is 5.67. The van der Waals surface area contributed by atoms with E-state index in [1.807, 2.05) is 0 Å². The molecule has 2 fully saturated rings. The summed E-state index contributed by atoms with van der Waals surface area (Å²) < 4.78 is 32.5. The van der Waals surface area contributed by atoms with E-state index in [2.05, 4.69) is 16.6 Å². The third kappa shape index (κ3) is 2.54. The summed E-state index contributed by atoms with van der Waals surface area (Å²) in [5, 5.41) is 3.18. The molecule has 1 N–H and O–H groups in total. The van der Waals surface area contributed by atoms with Gasteiger partial charge in [-0.05, 0) is 25.0 Å². The molecule has 1 amide bonds. The fraction of sp³-hybridized carbons (Fsp3) is 0.647. The minimum absolute atomic E-state index is 0.0337. The molecule has 25 heavy (non-hydrogen) atoms. The van der Waals surface area contributed by atoms with Crippen LogP contribution in [-0.4, -0.2) is 56.6 Å². The second-order valence-electron chi connectivity index (χ2n) is 7.40. The first-order chi connectivity index (χ1) is 11.9. The lowest BCUT2D eigenvalue weighted by Gasteiger charge is -2.64. The number of methoxy groups -OCH3 is 1. The average molecular weight is 365 g/mol. The molecule has 2 aliphatic heterocycles. The van der Waals surface area contributed by atoms with Crippen LogP contribution < -0.4 is 5.32 Å². The summed E-state index contributed by atoms with van der Waals surface area (Å²) in [6.07, 6.45) is 8.50. The molecule has 8 heteroatoms. The lowest BCUT2D eigenvalue weighted by atomic mass is 9.46. The molecule has 0 aromatic heterocycles. The smallest absolute Gasteiger partial charge is 0.256 e. The Balaban J connectivity index is 1.48. The zero-order valence-electron chi connectivity index (χ0n) is 14.4. The van der Waals surface area contributed by atoms with E-state index in [4.69, 9.17) is 4.74 Å². The number of nitrogens with zero attached hydrogens (tertiary/aromatic N) is 2. The predicted molar refractivity (Wildman–Crippen MR) is 93.3 cm³/mol. The number of nitrogens with one attached hydrogen (secondary N) is 1. The van der Waals surface area contributed by atoms with Crippen LogP contribution in [-0.2, 0) is 19.6 Å². The summed E-state index contributed by atoms with van der Waals surface area (Å²) in [5.41, 5.74) is 0.620. The van der Waals surface area contributed by atoms with Crippen molar-refractivity contribution in [3.05, 3.63) is 23.9 Å². The van der Waals surface area contributed by atoms with Gasteiger partial charge < -0.3 is 15.0 Å². The molecule has 0 aromatic carbocycles. The Hall–Kier alpha value is -1.67. The average Bonchev–Trinajstić information content (AvgIpc) is 2.53. The number of sulfonamides is 1. The van der Waals surface area contributed by atoms with E-state index in [1.165, 1.54) is 6.42 Å². The largest absolute Gasteiger partial charge is 0.380 e. The van der Waals surface area contributed by atoms with Crippen molar-refractivity contribution in [1.29, 1.82) is 0 Å². The van der Waals surface area contributed by atoms with Gasteiger partial charge in [0.25, 0.3) is 15.9 Å². The summed E-state index contributed by atoms with van der Waals surface area (Å²) in [7, 11) is -1.63. The van der Waals surface area contributed by atoms with Crippen LogP contribution in [0.15, 0.2) is 28.3 Å². The van der Waals surface area contributed by atoms with E-state index in [-0.39, 0.29) is 29.2 Å². The van der Waals surface area contributed by atoms with Crippen molar-refractivity contribution in [2.24, 2.45) is 15.7 Å². The van der Waals surface area contributed by atoms with Gasteiger partial charge in [0, 0.05) is 37.2 Å². The van der Waals surface area contributed by atoms with Gasteiger partial charge in [-0.25, -0.2) is 8.42 Å². The first kappa shape index (κ1) is 16.8. The number of amides is 1. The highest BCUT2D eigenvalue weighted by atomic mass is 32.2. The van der Waals surface area contributed by atoms with E-state index in [9.17, 15) is 13.2 Å². The van der Waals surface area contributed by atoms with Crippen LogP contribution in [0.3, 0.4) is 0 Å².